The van der Waals surface area contributed by atoms with E-state index in [1.807, 2.05) is 0 Å². The van der Waals surface area contributed by atoms with Gasteiger partial charge in [-0.3, -0.25) is 4.79 Å². The van der Waals surface area contributed by atoms with Gasteiger partial charge in [0.25, 0.3) is 0 Å². The van der Waals surface area contributed by atoms with Gasteiger partial charge in [-0.05, 0) is 12.1 Å². The molecule has 0 aliphatic carbocycles. The molecule has 1 aliphatic heterocycles. The van der Waals surface area contributed by atoms with E-state index in [0.29, 0.717) is 0 Å². The number of anilines is 1. The number of sulfonamides is 1. The van der Waals surface area contributed by atoms with Crippen LogP contribution >= 0.6 is 11.6 Å². The number of methoxy groups -OCH3 is 1. The number of esters is 1. The number of hydrogen-bond acceptors (Lipinski definition) is 5. The van der Waals surface area contributed by atoms with Crippen molar-refractivity contribution in [3.63, 3.8) is 0 Å². The van der Waals surface area contributed by atoms with Gasteiger partial charge in [-0.25, -0.2) is 18.4 Å². The van der Waals surface area contributed by atoms with E-state index in [2.05, 4.69) is 4.74 Å². The fourth-order valence-corrected chi connectivity index (χ4v) is 3.66. The largest absolute Gasteiger partial charge is 0.465 e. The van der Waals surface area contributed by atoms with E-state index >= 15 is 0 Å². The fourth-order valence-electron chi connectivity index (χ4n) is 2.50. The van der Waals surface area contributed by atoms with Gasteiger partial charge in [0.05, 0.1) is 29.1 Å². The molecule has 1 amide bonds. The van der Waals surface area contributed by atoms with Crippen molar-refractivity contribution in [2.24, 2.45) is 11.1 Å². The molecule has 1 aliphatic rings. The summed E-state index contributed by atoms with van der Waals surface area (Å²) < 4.78 is 27.0. The lowest BCUT2D eigenvalue weighted by atomic mass is 10.1. The van der Waals surface area contributed by atoms with Crippen molar-refractivity contribution in [2.45, 2.75) is 6.42 Å². The summed E-state index contributed by atoms with van der Waals surface area (Å²) in [5.74, 6) is -1.68. The number of carbonyl (C=O) groups is 2. The maximum atomic E-state index is 12.2. The molecular weight excluding hydrogens is 332 g/mol. The monoisotopic (exact) mass is 346 g/mol. The number of benzene rings is 1. The second kappa shape index (κ2) is 6.23. The van der Waals surface area contributed by atoms with Crippen molar-refractivity contribution < 1.29 is 22.7 Å². The first-order valence-electron chi connectivity index (χ1n) is 6.40. The third-order valence-corrected chi connectivity index (χ3v) is 4.58. The van der Waals surface area contributed by atoms with Gasteiger partial charge in [-0.15, -0.1) is 0 Å². The molecule has 0 aromatic heterocycles. The van der Waals surface area contributed by atoms with E-state index in [1.54, 1.807) is 12.1 Å². The summed E-state index contributed by atoms with van der Waals surface area (Å²) in [6.07, 6.45) is 0.0300. The summed E-state index contributed by atoms with van der Waals surface area (Å²) in [7, 11) is -2.46. The van der Waals surface area contributed by atoms with Crippen LogP contribution < -0.4 is 10.0 Å². The first-order chi connectivity index (χ1) is 10.2. The van der Waals surface area contributed by atoms with Crippen molar-refractivity contribution in [3.8, 4) is 0 Å². The van der Waals surface area contributed by atoms with Crippen molar-refractivity contribution in [2.75, 3.05) is 24.3 Å². The third-order valence-electron chi connectivity index (χ3n) is 3.34. The van der Waals surface area contributed by atoms with E-state index in [4.69, 9.17) is 16.7 Å². The molecule has 1 fully saturated rings. The first-order valence-corrected chi connectivity index (χ1v) is 8.50. The molecule has 120 valence electrons. The van der Waals surface area contributed by atoms with E-state index in [0.717, 1.165) is 0 Å². The molecule has 2 rings (SSSR count). The van der Waals surface area contributed by atoms with Gasteiger partial charge >= 0.3 is 5.97 Å². The topological polar surface area (TPSA) is 107 Å². The molecule has 0 radical (unpaired) electrons. The predicted octanol–water partition coefficient (Wildman–Crippen LogP) is 0.768. The highest BCUT2D eigenvalue weighted by molar-refractivity contribution is 7.89. The number of carbonyl (C=O) groups excluding carboxylic acids is 2. The van der Waals surface area contributed by atoms with Gasteiger partial charge < -0.3 is 9.64 Å². The zero-order valence-electron chi connectivity index (χ0n) is 11.8. The van der Waals surface area contributed by atoms with Crippen LogP contribution in [-0.4, -0.2) is 39.7 Å². The number of rotatable bonds is 4. The average molecular weight is 347 g/mol. The highest BCUT2D eigenvalue weighted by Crippen LogP contribution is 2.35. The minimum absolute atomic E-state index is 0.0300. The molecule has 22 heavy (non-hydrogen) atoms. The molecule has 2 N–H and O–H groups in total. The van der Waals surface area contributed by atoms with Crippen molar-refractivity contribution >= 4 is 39.2 Å². The Bertz CT molecular complexity index is 719. The number of halogens is 1. The summed E-state index contributed by atoms with van der Waals surface area (Å²) in [6.45, 7) is 0.128. The Morgan fingerprint density at radius 1 is 1.50 bits per heavy atom. The number of amides is 1. The van der Waals surface area contributed by atoms with Crippen LogP contribution in [0.25, 0.3) is 0 Å². The van der Waals surface area contributed by atoms with Gasteiger partial charge in [0.2, 0.25) is 15.9 Å². The normalized spacial score (nSPS) is 18.6. The lowest BCUT2D eigenvalue weighted by Crippen LogP contribution is -2.29. The fraction of sp³-hybridized carbons (Fsp3) is 0.385. The highest BCUT2D eigenvalue weighted by atomic mass is 35.5. The van der Waals surface area contributed by atoms with Crippen LogP contribution in [0.15, 0.2) is 18.2 Å². The number of para-hydroxylation sites is 1. The average Bonchev–Trinajstić information content (AvgIpc) is 2.75. The van der Waals surface area contributed by atoms with Crippen molar-refractivity contribution in [1.82, 2.24) is 0 Å². The van der Waals surface area contributed by atoms with Gasteiger partial charge in [0.15, 0.2) is 0 Å². The van der Waals surface area contributed by atoms with Gasteiger partial charge in [0, 0.05) is 18.9 Å². The number of primary sulfonamides is 1. The van der Waals surface area contributed by atoms with E-state index in [-0.39, 0.29) is 40.9 Å². The van der Waals surface area contributed by atoms with Crippen molar-refractivity contribution in [1.29, 1.82) is 0 Å². The van der Waals surface area contributed by atoms with E-state index < -0.39 is 21.9 Å². The highest BCUT2D eigenvalue weighted by Gasteiger charge is 2.35. The lowest BCUT2D eigenvalue weighted by Gasteiger charge is -2.20. The quantitative estimate of drug-likeness (QED) is 0.810. The smallest absolute Gasteiger partial charge is 0.340 e. The van der Waals surface area contributed by atoms with Crippen LogP contribution in [0.1, 0.15) is 16.8 Å². The molecule has 1 aromatic carbocycles. The summed E-state index contributed by atoms with van der Waals surface area (Å²) in [5, 5.41) is 5.23. The minimum Gasteiger partial charge on any atom is -0.465 e. The Balaban J connectivity index is 2.36. The number of hydrogen-bond donors (Lipinski definition) is 1. The van der Waals surface area contributed by atoms with E-state index in [9.17, 15) is 18.0 Å². The first kappa shape index (κ1) is 16.7. The van der Waals surface area contributed by atoms with Gasteiger partial charge in [-0.1, -0.05) is 17.7 Å². The molecule has 0 spiro atoms. The summed E-state index contributed by atoms with van der Waals surface area (Å²) in [5.41, 5.74) is 0.387. The zero-order valence-corrected chi connectivity index (χ0v) is 13.4. The van der Waals surface area contributed by atoms with Crippen LogP contribution in [0.3, 0.4) is 0 Å². The van der Waals surface area contributed by atoms with Crippen LogP contribution in [0.4, 0.5) is 5.69 Å². The van der Waals surface area contributed by atoms with Gasteiger partial charge in [0.1, 0.15) is 0 Å². The Kier molecular flexibility index (Phi) is 4.74. The Morgan fingerprint density at radius 3 is 2.77 bits per heavy atom. The summed E-state index contributed by atoms with van der Waals surface area (Å²) in [6, 6.07) is 4.61. The zero-order chi connectivity index (χ0) is 16.5. The minimum atomic E-state index is -3.68. The standard InChI is InChI=1S/C13H15ClN2O5S/c1-21-13(18)9-3-2-4-10(14)12(9)16-6-8(5-11(16)17)7-22(15,19)20/h2-4,8H,5-7H2,1H3,(H2,15,19,20). The Labute approximate surface area is 133 Å². The molecule has 0 saturated carbocycles. The summed E-state index contributed by atoms with van der Waals surface area (Å²) in [4.78, 5) is 25.3. The Hall–Kier alpha value is -1.64. The molecular formula is C13H15ClN2O5S. The van der Waals surface area contributed by atoms with Crippen LogP contribution in [0.5, 0.6) is 0 Å². The number of nitrogens with zero attached hydrogens (tertiary/aromatic N) is 1. The maximum Gasteiger partial charge on any atom is 0.340 e. The van der Waals surface area contributed by atoms with Crippen LogP contribution in [0, 0.1) is 5.92 Å². The molecule has 1 heterocycles. The maximum absolute atomic E-state index is 12.2. The molecule has 9 heteroatoms. The molecule has 1 aromatic rings. The van der Waals surface area contributed by atoms with Crippen molar-refractivity contribution in [3.05, 3.63) is 28.8 Å². The second-order valence-electron chi connectivity index (χ2n) is 5.03. The molecule has 1 unspecified atom stereocenters. The number of nitrogens with two attached hydrogens (primary N) is 1. The van der Waals surface area contributed by atoms with Gasteiger partial charge in [-0.2, -0.15) is 0 Å². The summed E-state index contributed by atoms with van der Waals surface area (Å²) >= 11 is 6.11. The molecule has 1 atom stereocenters. The lowest BCUT2D eigenvalue weighted by molar-refractivity contribution is -0.117. The number of ether oxygens (including phenoxy) is 1. The van der Waals surface area contributed by atoms with Crippen LogP contribution in [0.2, 0.25) is 5.02 Å². The third kappa shape index (κ3) is 3.57. The predicted molar refractivity (Wildman–Crippen MR) is 81.2 cm³/mol. The molecule has 1 saturated heterocycles. The molecule has 0 bridgehead atoms. The molecule has 7 nitrogen and oxygen atoms in total. The Morgan fingerprint density at radius 2 is 2.18 bits per heavy atom. The second-order valence-corrected chi connectivity index (χ2v) is 7.10. The SMILES string of the molecule is COC(=O)c1cccc(Cl)c1N1CC(CS(N)(=O)=O)CC1=O. The van der Waals surface area contributed by atoms with E-state index in [1.165, 1.54) is 18.1 Å². The van der Waals surface area contributed by atoms with Crippen LogP contribution in [-0.2, 0) is 19.6 Å².